The molecule has 4 nitrogen and oxygen atoms in total. The van der Waals surface area contributed by atoms with E-state index in [0.717, 1.165) is 34.4 Å². The van der Waals surface area contributed by atoms with Gasteiger partial charge in [0.1, 0.15) is 15.7 Å². The van der Waals surface area contributed by atoms with Crippen LogP contribution in [0, 0.1) is 5.92 Å². The van der Waals surface area contributed by atoms with Crippen molar-refractivity contribution in [3.05, 3.63) is 38.7 Å². The minimum absolute atomic E-state index is 0.0656. The van der Waals surface area contributed by atoms with Gasteiger partial charge in [-0.2, -0.15) is 0 Å². The number of rotatable bonds is 6. The van der Waals surface area contributed by atoms with Gasteiger partial charge < -0.3 is 5.32 Å². The molecule has 1 saturated carbocycles. The summed E-state index contributed by atoms with van der Waals surface area (Å²) in [7, 11) is 0. The van der Waals surface area contributed by atoms with Gasteiger partial charge in [0.2, 0.25) is 5.91 Å². The van der Waals surface area contributed by atoms with E-state index < -0.39 is 0 Å². The second-order valence-corrected chi connectivity index (χ2v) is 10.9. The van der Waals surface area contributed by atoms with Crippen LogP contribution in [-0.2, 0) is 24.2 Å². The maximum Gasteiger partial charge on any atom is 0.230 e. The number of aryl methyl sites for hydroxylation is 1. The Bertz CT molecular complexity index is 1010. The number of hydrogen-bond acceptors (Lipinski definition) is 6. The first kappa shape index (κ1) is 18.6. The maximum absolute atomic E-state index is 12.4. The predicted molar refractivity (Wildman–Crippen MR) is 117 cm³/mol. The van der Waals surface area contributed by atoms with Crippen LogP contribution >= 0.6 is 34.4 Å². The Labute approximate surface area is 177 Å². The topological polar surface area (TPSA) is 54.9 Å². The first-order valence-electron chi connectivity index (χ1n) is 9.91. The molecule has 3 heterocycles. The molecule has 2 aliphatic rings. The normalized spacial score (nSPS) is 19.0. The number of nitrogens with one attached hydrogen (secondary N) is 1. The van der Waals surface area contributed by atoms with Gasteiger partial charge in [-0.1, -0.05) is 24.8 Å². The Kier molecular flexibility index (Phi) is 5.15. The van der Waals surface area contributed by atoms with Crippen LogP contribution in [0.5, 0.6) is 0 Å². The molecule has 0 bridgehead atoms. The molecular formula is C21H23N3OS3. The molecule has 3 aromatic heterocycles. The van der Waals surface area contributed by atoms with Gasteiger partial charge in [0, 0.05) is 21.1 Å². The highest BCUT2D eigenvalue weighted by molar-refractivity contribution is 8.00. The van der Waals surface area contributed by atoms with E-state index in [1.54, 1.807) is 23.1 Å². The molecule has 1 atom stereocenters. The molecule has 5 rings (SSSR count). The van der Waals surface area contributed by atoms with Gasteiger partial charge >= 0.3 is 0 Å². The minimum atomic E-state index is 0.0656. The van der Waals surface area contributed by atoms with Crippen molar-refractivity contribution < 1.29 is 4.79 Å². The zero-order chi connectivity index (χ0) is 19.1. The van der Waals surface area contributed by atoms with E-state index in [2.05, 4.69) is 12.2 Å². The Morgan fingerprint density at radius 3 is 3.00 bits per heavy atom. The third-order valence-corrected chi connectivity index (χ3v) is 8.46. The monoisotopic (exact) mass is 429 g/mol. The number of fused-ring (bicyclic) bond motifs is 3. The second kappa shape index (κ2) is 7.76. The van der Waals surface area contributed by atoms with Gasteiger partial charge in [-0.15, -0.1) is 22.7 Å². The number of thioether (sulfide) groups is 1. The molecule has 0 radical (unpaired) electrons. The minimum Gasteiger partial charge on any atom is -0.350 e. The third-order valence-electron chi connectivity index (χ3n) is 5.46. The lowest BCUT2D eigenvalue weighted by Crippen LogP contribution is -2.24. The largest absolute Gasteiger partial charge is 0.350 e. The van der Waals surface area contributed by atoms with Crippen molar-refractivity contribution in [3.8, 4) is 0 Å². The summed E-state index contributed by atoms with van der Waals surface area (Å²) in [6.07, 6.45) is 5.88. The van der Waals surface area contributed by atoms with Crippen LogP contribution in [0.3, 0.4) is 0 Å². The van der Waals surface area contributed by atoms with Crippen molar-refractivity contribution in [2.24, 2.45) is 5.92 Å². The maximum atomic E-state index is 12.4. The quantitative estimate of drug-likeness (QED) is 0.434. The van der Waals surface area contributed by atoms with Gasteiger partial charge in [0.25, 0.3) is 0 Å². The standard InChI is InChI=1S/C21H23N3OS3/c1-12-4-7-15-16(9-12)28-21-18(15)20(23-19(24-21)13-5-6-13)27-11-17(25)22-10-14-3-2-8-26-14/h2-3,8,12-13H,4-7,9-11H2,1H3,(H,22,25)/t12-/m1/s1. The van der Waals surface area contributed by atoms with Crippen molar-refractivity contribution in [2.45, 2.75) is 56.5 Å². The molecule has 0 aromatic carbocycles. The zero-order valence-corrected chi connectivity index (χ0v) is 18.3. The highest BCUT2D eigenvalue weighted by atomic mass is 32.2. The number of nitrogens with zero attached hydrogens (tertiary/aromatic N) is 2. The number of carbonyl (C=O) groups is 1. The molecule has 3 aromatic rings. The van der Waals surface area contributed by atoms with Gasteiger partial charge in [-0.25, -0.2) is 9.97 Å². The van der Waals surface area contributed by atoms with Crippen LogP contribution in [0.25, 0.3) is 10.2 Å². The van der Waals surface area contributed by atoms with Crippen molar-refractivity contribution in [1.82, 2.24) is 15.3 Å². The van der Waals surface area contributed by atoms with E-state index in [4.69, 9.17) is 9.97 Å². The first-order chi connectivity index (χ1) is 13.7. The Balaban J connectivity index is 1.38. The zero-order valence-electron chi connectivity index (χ0n) is 15.9. The number of hydrogen-bond donors (Lipinski definition) is 1. The smallest absolute Gasteiger partial charge is 0.230 e. The summed E-state index contributed by atoms with van der Waals surface area (Å²) in [5, 5.41) is 7.31. The second-order valence-electron chi connectivity index (χ2n) is 7.84. The fourth-order valence-corrected chi connectivity index (χ4v) is 6.73. The molecule has 146 valence electrons. The lowest BCUT2D eigenvalue weighted by Gasteiger charge is -2.18. The number of carbonyl (C=O) groups excluding carboxylic acids is 1. The summed E-state index contributed by atoms with van der Waals surface area (Å²) >= 11 is 5.11. The number of amides is 1. The molecule has 1 fully saturated rings. The van der Waals surface area contributed by atoms with Gasteiger partial charge in [-0.05, 0) is 55.0 Å². The van der Waals surface area contributed by atoms with Crippen LogP contribution in [-0.4, -0.2) is 21.6 Å². The lowest BCUT2D eigenvalue weighted by molar-refractivity contribution is -0.118. The first-order valence-corrected chi connectivity index (χ1v) is 12.6. The average molecular weight is 430 g/mol. The summed E-state index contributed by atoms with van der Waals surface area (Å²) in [6.45, 7) is 2.94. The molecule has 0 saturated heterocycles. The summed E-state index contributed by atoms with van der Waals surface area (Å²) < 4.78 is 0. The summed E-state index contributed by atoms with van der Waals surface area (Å²) in [5.41, 5.74) is 1.45. The van der Waals surface area contributed by atoms with Crippen LogP contribution in [0.1, 0.15) is 53.2 Å². The molecule has 1 N–H and O–H groups in total. The van der Waals surface area contributed by atoms with E-state index >= 15 is 0 Å². The summed E-state index contributed by atoms with van der Waals surface area (Å²) in [6, 6.07) is 4.06. The van der Waals surface area contributed by atoms with Gasteiger partial charge in [0.05, 0.1) is 12.3 Å². The molecule has 0 spiro atoms. The molecule has 2 aliphatic carbocycles. The van der Waals surface area contributed by atoms with E-state index in [1.165, 1.54) is 40.0 Å². The van der Waals surface area contributed by atoms with E-state index in [1.807, 2.05) is 28.8 Å². The Hall–Kier alpha value is -1.44. The summed E-state index contributed by atoms with van der Waals surface area (Å²) in [5.74, 6) is 2.73. The van der Waals surface area contributed by atoms with Crippen LogP contribution in [0.4, 0.5) is 0 Å². The highest BCUT2D eigenvalue weighted by Crippen LogP contribution is 2.44. The lowest BCUT2D eigenvalue weighted by atomic mass is 9.89. The Morgan fingerprint density at radius 2 is 2.21 bits per heavy atom. The highest BCUT2D eigenvalue weighted by Gasteiger charge is 2.30. The molecule has 28 heavy (non-hydrogen) atoms. The predicted octanol–water partition coefficient (Wildman–Crippen LogP) is 5.16. The van der Waals surface area contributed by atoms with Crippen molar-refractivity contribution in [1.29, 1.82) is 0 Å². The van der Waals surface area contributed by atoms with Crippen molar-refractivity contribution in [2.75, 3.05) is 5.75 Å². The van der Waals surface area contributed by atoms with Crippen LogP contribution in [0.15, 0.2) is 22.5 Å². The SMILES string of the molecule is C[C@@H]1CCc2c(sc3nc(C4CC4)nc(SCC(=O)NCc4cccs4)c23)C1. The average Bonchev–Trinajstić information content (AvgIpc) is 3.28. The van der Waals surface area contributed by atoms with Gasteiger partial charge in [-0.3, -0.25) is 4.79 Å². The molecule has 1 amide bonds. The molecule has 0 unspecified atom stereocenters. The van der Waals surface area contributed by atoms with Gasteiger partial charge in [0.15, 0.2) is 0 Å². The molecule has 0 aliphatic heterocycles. The van der Waals surface area contributed by atoms with E-state index in [0.29, 0.717) is 18.2 Å². The van der Waals surface area contributed by atoms with Crippen LogP contribution < -0.4 is 5.32 Å². The summed E-state index contributed by atoms with van der Waals surface area (Å²) in [4.78, 5) is 26.0. The number of thiophene rings is 2. The Morgan fingerprint density at radius 1 is 1.32 bits per heavy atom. The third kappa shape index (κ3) is 3.84. The number of aromatic nitrogens is 2. The molecule has 7 heteroatoms. The van der Waals surface area contributed by atoms with Crippen molar-refractivity contribution >= 4 is 50.6 Å². The van der Waals surface area contributed by atoms with E-state index in [-0.39, 0.29) is 5.91 Å². The fourth-order valence-electron chi connectivity index (χ4n) is 3.74. The fraction of sp³-hybridized carbons (Fsp3) is 0.476. The van der Waals surface area contributed by atoms with Crippen LogP contribution in [0.2, 0.25) is 0 Å². The van der Waals surface area contributed by atoms with E-state index in [9.17, 15) is 4.79 Å². The van der Waals surface area contributed by atoms with Crippen molar-refractivity contribution in [3.63, 3.8) is 0 Å². The molecular weight excluding hydrogens is 406 g/mol.